The van der Waals surface area contributed by atoms with Gasteiger partial charge in [-0.2, -0.15) is 0 Å². The van der Waals surface area contributed by atoms with Gasteiger partial charge in [-0.05, 0) is 17.9 Å². The Balaban J connectivity index is 1.80. The molecule has 0 aliphatic heterocycles. The van der Waals surface area contributed by atoms with Crippen molar-refractivity contribution in [2.45, 2.75) is 51.2 Å². The van der Waals surface area contributed by atoms with Gasteiger partial charge in [0.2, 0.25) is 0 Å². The predicted octanol–water partition coefficient (Wildman–Crippen LogP) is 3.34. The van der Waals surface area contributed by atoms with E-state index in [0.29, 0.717) is 12.3 Å². The van der Waals surface area contributed by atoms with Gasteiger partial charge in [-0.15, -0.1) is 0 Å². The molecule has 0 saturated heterocycles. The highest BCUT2D eigenvalue weighted by atomic mass is 16.5. The number of carboxylic acid groups (broad SMARTS) is 1. The lowest BCUT2D eigenvalue weighted by molar-refractivity contribution is -0.137. The van der Waals surface area contributed by atoms with Gasteiger partial charge in [0.25, 0.3) is 0 Å². The van der Waals surface area contributed by atoms with E-state index in [-0.39, 0.29) is 19.1 Å². The Morgan fingerprint density at radius 1 is 1.23 bits per heavy atom. The molecule has 1 unspecified atom stereocenters. The standard InChI is InChI=1S/C17H23NO4/c19-16(20)11-15(10-13-6-4-5-7-13)18-17(21)22-12-14-8-2-1-3-9-14/h1-3,8-9,13,15H,4-7,10-12H2,(H,18,21)(H,19,20). The van der Waals surface area contributed by atoms with E-state index >= 15 is 0 Å². The van der Waals surface area contributed by atoms with Crippen LogP contribution >= 0.6 is 0 Å². The Labute approximate surface area is 130 Å². The van der Waals surface area contributed by atoms with Crippen molar-refractivity contribution in [3.63, 3.8) is 0 Å². The van der Waals surface area contributed by atoms with E-state index in [1.54, 1.807) is 0 Å². The molecule has 5 nitrogen and oxygen atoms in total. The van der Waals surface area contributed by atoms with Gasteiger partial charge in [0.15, 0.2) is 0 Å². The summed E-state index contributed by atoms with van der Waals surface area (Å²) < 4.78 is 5.16. The molecule has 120 valence electrons. The quantitative estimate of drug-likeness (QED) is 0.810. The molecule has 1 amide bonds. The zero-order valence-electron chi connectivity index (χ0n) is 12.7. The Kier molecular flexibility index (Phi) is 6.25. The first kappa shape index (κ1) is 16.3. The molecule has 1 aliphatic rings. The first-order chi connectivity index (χ1) is 10.6. The van der Waals surface area contributed by atoms with Crippen LogP contribution in [0.5, 0.6) is 0 Å². The van der Waals surface area contributed by atoms with E-state index in [4.69, 9.17) is 9.84 Å². The number of hydrogen-bond donors (Lipinski definition) is 2. The number of hydrogen-bond acceptors (Lipinski definition) is 3. The first-order valence-corrected chi connectivity index (χ1v) is 7.82. The smallest absolute Gasteiger partial charge is 0.407 e. The molecule has 1 aromatic rings. The molecular weight excluding hydrogens is 282 g/mol. The Morgan fingerprint density at radius 3 is 2.55 bits per heavy atom. The third-order valence-electron chi connectivity index (χ3n) is 4.05. The number of carbonyl (C=O) groups excluding carboxylic acids is 1. The van der Waals surface area contributed by atoms with E-state index < -0.39 is 12.1 Å². The molecule has 0 spiro atoms. The summed E-state index contributed by atoms with van der Waals surface area (Å²) in [4.78, 5) is 22.8. The molecule has 2 rings (SSSR count). The van der Waals surface area contributed by atoms with E-state index in [1.807, 2.05) is 30.3 Å². The van der Waals surface area contributed by atoms with Gasteiger partial charge in [0, 0.05) is 6.04 Å². The summed E-state index contributed by atoms with van der Waals surface area (Å²) in [5.74, 6) is -0.384. The van der Waals surface area contributed by atoms with Crippen LogP contribution in [0.2, 0.25) is 0 Å². The minimum Gasteiger partial charge on any atom is -0.481 e. The molecule has 0 aromatic heterocycles. The fourth-order valence-electron chi connectivity index (χ4n) is 2.98. The Hall–Kier alpha value is -2.04. The third kappa shape index (κ3) is 5.76. The number of ether oxygens (including phenoxy) is 1. The number of benzene rings is 1. The zero-order chi connectivity index (χ0) is 15.8. The van der Waals surface area contributed by atoms with Crippen molar-refractivity contribution in [3.05, 3.63) is 35.9 Å². The zero-order valence-corrected chi connectivity index (χ0v) is 12.7. The Morgan fingerprint density at radius 2 is 1.91 bits per heavy atom. The normalized spacial score (nSPS) is 16.2. The van der Waals surface area contributed by atoms with Crippen LogP contribution in [0.15, 0.2) is 30.3 Å². The molecule has 0 heterocycles. The number of amides is 1. The van der Waals surface area contributed by atoms with Crippen molar-refractivity contribution in [2.75, 3.05) is 0 Å². The summed E-state index contributed by atoms with van der Waals surface area (Å²) in [7, 11) is 0. The first-order valence-electron chi connectivity index (χ1n) is 7.82. The highest BCUT2D eigenvalue weighted by Gasteiger charge is 2.23. The molecule has 1 fully saturated rings. The van der Waals surface area contributed by atoms with Crippen LogP contribution in [0.4, 0.5) is 4.79 Å². The fraction of sp³-hybridized carbons (Fsp3) is 0.529. The lowest BCUT2D eigenvalue weighted by Gasteiger charge is -2.20. The van der Waals surface area contributed by atoms with Crippen molar-refractivity contribution in [1.82, 2.24) is 5.32 Å². The van der Waals surface area contributed by atoms with Crippen LogP contribution in [-0.4, -0.2) is 23.2 Å². The Bertz CT molecular complexity index is 483. The molecular formula is C17H23NO4. The lowest BCUT2D eigenvalue weighted by Crippen LogP contribution is -2.38. The largest absolute Gasteiger partial charge is 0.481 e. The number of carboxylic acids is 1. The van der Waals surface area contributed by atoms with Gasteiger partial charge in [-0.1, -0.05) is 56.0 Å². The van der Waals surface area contributed by atoms with Crippen molar-refractivity contribution >= 4 is 12.1 Å². The molecule has 1 saturated carbocycles. The topological polar surface area (TPSA) is 75.6 Å². The van der Waals surface area contributed by atoms with Crippen molar-refractivity contribution in [3.8, 4) is 0 Å². The van der Waals surface area contributed by atoms with Crippen LogP contribution in [0.25, 0.3) is 0 Å². The highest BCUT2D eigenvalue weighted by Crippen LogP contribution is 2.29. The molecule has 0 bridgehead atoms. The monoisotopic (exact) mass is 305 g/mol. The van der Waals surface area contributed by atoms with E-state index in [1.165, 1.54) is 12.8 Å². The van der Waals surface area contributed by atoms with Gasteiger partial charge < -0.3 is 15.2 Å². The van der Waals surface area contributed by atoms with Crippen LogP contribution in [0.3, 0.4) is 0 Å². The van der Waals surface area contributed by atoms with Gasteiger partial charge in [-0.25, -0.2) is 4.79 Å². The number of rotatable bonds is 7. The van der Waals surface area contributed by atoms with Gasteiger partial charge >= 0.3 is 12.1 Å². The van der Waals surface area contributed by atoms with Crippen LogP contribution in [0, 0.1) is 5.92 Å². The molecule has 1 atom stereocenters. The number of nitrogens with one attached hydrogen (secondary N) is 1. The van der Waals surface area contributed by atoms with Crippen LogP contribution < -0.4 is 5.32 Å². The SMILES string of the molecule is O=C(O)CC(CC1CCCC1)NC(=O)OCc1ccccc1. The number of aliphatic carboxylic acids is 1. The third-order valence-corrected chi connectivity index (χ3v) is 4.05. The molecule has 1 aliphatic carbocycles. The number of alkyl carbamates (subject to hydrolysis) is 1. The number of carbonyl (C=O) groups is 2. The van der Waals surface area contributed by atoms with Crippen LogP contribution in [0.1, 0.15) is 44.1 Å². The second kappa shape index (κ2) is 8.41. The maximum absolute atomic E-state index is 11.9. The summed E-state index contributed by atoms with van der Waals surface area (Å²) in [6.07, 6.45) is 4.75. The second-order valence-corrected chi connectivity index (χ2v) is 5.89. The maximum Gasteiger partial charge on any atom is 0.407 e. The van der Waals surface area contributed by atoms with Crippen molar-refractivity contribution in [2.24, 2.45) is 5.92 Å². The fourth-order valence-corrected chi connectivity index (χ4v) is 2.98. The predicted molar refractivity (Wildman–Crippen MR) is 82.4 cm³/mol. The molecule has 1 aromatic carbocycles. The van der Waals surface area contributed by atoms with Gasteiger partial charge in [0.1, 0.15) is 6.61 Å². The lowest BCUT2D eigenvalue weighted by atomic mass is 9.96. The molecule has 5 heteroatoms. The van der Waals surface area contributed by atoms with Gasteiger partial charge in [0.05, 0.1) is 6.42 Å². The van der Waals surface area contributed by atoms with Crippen molar-refractivity contribution < 1.29 is 19.4 Å². The van der Waals surface area contributed by atoms with Crippen LogP contribution in [-0.2, 0) is 16.1 Å². The van der Waals surface area contributed by atoms with Gasteiger partial charge in [-0.3, -0.25) is 4.79 Å². The van der Waals surface area contributed by atoms with E-state index in [0.717, 1.165) is 18.4 Å². The summed E-state index contributed by atoms with van der Waals surface area (Å²) in [5.41, 5.74) is 0.906. The van der Waals surface area contributed by atoms with E-state index in [2.05, 4.69) is 5.32 Å². The summed E-state index contributed by atoms with van der Waals surface area (Å²) >= 11 is 0. The minimum absolute atomic E-state index is 0.0586. The molecule has 22 heavy (non-hydrogen) atoms. The average molecular weight is 305 g/mol. The highest BCUT2D eigenvalue weighted by molar-refractivity contribution is 5.71. The molecule has 2 N–H and O–H groups in total. The van der Waals surface area contributed by atoms with E-state index in [9.17, 15) is 9.59 Å². The summed E-state index contributed by atoms with van der Waals surface area (Å²) in [5, 5.41) is 11.7. The minimum atomic E-state index is -0.897. The second-order valence-electron chi connectivity index (χ2n) is 5.89. The molecule has 0 radical (unpaired) electrons. The summed E-state index contributed by atoms with van der Waals surface area (Å²) in [6.45, 7) is 0.190. The van der Waals surface area contributed by atoms with Crippen molar-refractivity contribution in [1.29, 1.82) is 0 Å². The summed E-state index contributed by atoms with van der Waals surface area (Å²) in [6, 6.07) is 9.05. The maximum atomic E-state index is 11.9. The average Bonchev–Trinajstić information content (AvgIpc) is 2.98.